The smallest absolute Gasteiger partial charge is 0.308 e. The number of carboxylic acid groups (broad SMARTS) is 2. The highest BCUT2D eigenvalue weighted by molar-refractivity contribution is 5.72. The molecule has 222 valence electrons. The first kappa shape index (κ1) is 36.0. The molecule has 0 fully saturated rings. The first-order valence-electron chi connectivity index (χ1n) is 14.4. The summed E-state index contributed by atoms with van der Waals surface area (Å²) in [6.07, 6.45) is 19.8. The van der Waals surface area contributed by atoms with Gasteiger partial charge in [-0.05, 0) is 51.4 Å². The second-order valence-corrected chi connectivity index (χ2v) is 10.4. The van der Waals surface area contributed by atoms with Crippen molar-refractivity contribution in [3.8, 4) is 0 Å². The molecule has 0 aliphatic heterocycles. The van der Waals surface area contributed by atoms with Gasteiger partial charge in [-0.2, -0.15) is 0 Å². The number of aliphatic hydroxyl groups excluding tert-OH is 3. The van der Waals surface area contributed by atoms with Gasteiger partial charge in [0.2, 0.25) is 0 Å². The van der Waals surface area contributed by atoms with Crippen LogP contribution in [0, 0.1) is 11.3 Å². The highest BCUT2D eigenvalue weighted by atomic mass is 16.5. The molecule has 0 aromatic carbocycles. The number of esters is 1. The highest BCUT2D eigenvalue weighted by Crippen LogP contribution is 2.22. The number of rotatable bonds is 27. The molecular weight excluding hydrogens is 492 g/mol. The Balaban J connectivity index is 4.01. The predicted molar refractivity (Wildman–Crippen MR) is 146 cm³/mol. The Kier molecular flexibility index (Phi) is 22.8. The van der Waals surface area contributed by atoms with E-state index in [0.29, 0.717) is 19.3 Å². The van der Waals surface area contributed by atoms with E-state index in [4.69, 9.17) is 14.9 Å². The van der Waals surface area contributed by atoms with Crippen LogP contribution in [0.4, 0.5) is 0 Å². The molecule has 0 aromatic rings. The molecule has 1 unspecified atom stereocenters. The van der Waals surface area contributed by atoms with Gasteiger partial charge in [-0.3, -0.25) is 14.4 Å². The van der Waals surface area contributed by atoms with Crippen molar-refractivity contribution in [1.82, 2.24) is 0 Å². The summed E-state index contributed by atoms with van der Waals surface area (Å²) in [7, 11) is 0. The summed E-state index contributed by atoms with van der Waals surface area (Å²) >= 11 is 0. The minimum atomic E-state index is -1.28. The number of ether oxygens (including phenoxy) is 1. The van der Waals surface area contributed by atoms with E-state index in [9.17, 15) is 29.7 Å². The molecule has 0 amide bonds. The third-order valence-electron chi connectivity index (χ3n) is 6.90. The molecule has 0 aliphatic rings. The van der Waals surface area contributed by atoms with E-state index in [2.05, 4.69) is 12.2 Å². The van der Waals surface area contributed by atoms with Crippen LogP contribution >= 0.6 is 0 Å². The molecular formula is C29H52O9. The van der Waals surface area contributed by atoms with Gasteiger partial charge < -0.3 is 30.3 Å². The summed E-state index contributed by atoms with van der Waals surface area (Å²) in [5.41, 5.74) is -1.28. The fraction of sp³-hybridized carbons (Fsp3) is 0.828. The van der Waals surface area contributed by atoms with Crippen molar-refractivity contribution in [2.45, 2.75) is 116 Å². The van der Waals surface area contributed by atoms with Crippen LogP contribution in [0.1, 0.15) is 116 Å². The molecule has 0 spiro atoms. The molecule has 0 rings (SSSR count). The maximum absolute atomic E-state index is 12.6. The quantitative estimate of drug-likeness (QED) is 0.0552. The van der Waals surface area contributed by atoms with Crippen LogP contribution in [-0.2, 0) is 19.1 Å². The number of allylic oxidation sites excluding steroid dienone is 2. The van der Waals surface area contributed by atoms with Gasteiger partial charge in [0.1, 0.15) is 6.61 Å². The maximum atomic E-state index is 12.6. The van der Waals surface area contributed by atoms with Crippen LogP contribution in [0.15, 0.2) is 12.2 Å². The zero-order valence-corrected chi connectivity index (χ0v) is 23.2. The van der Waals surface area contributed by atoms with Crippen molar-refractivity contribution < 1.29 is 44.7 Å². The normalized spacial score (nSPS) is 12.6. The molecule has 9 heteroatoms. The molecule has 0 saturated heterocycles. The second kappa shape index (κ2) is 24.1. The number of carboxylic acids is 2. The standard InChI is InChI=1S/C29H52O9/c30-21-29(22-31,23-32)24-38-28(37)25(18-16-20-27(35)36)17-14-12-10-8-6-4-2-1-3-5-7-9-11-13-15-19-26(33)34/h1,3,25,30-32H,2,4-24H2,(H,33,34)(H,35,36)/b3-1-. The van der Waals surface area contributed by atoms with Crippen LogP contribution in [0.25, 0.3) is 0 Å². The van der Waals surface area contributed by atoms with Gasteiger partial charge in [-0.25, -0.2) is 0 Å². The lowest BCUT2D eigenvalue weighted by Crippen LogP contribution is -2.40. The molecule has 0 radical (unpaired) electrons. The summed E-state index contributed by atoms with van der Waals surface area (Å²) < 4.78 is 5.29. The van der Waals surface area contributed by atoms with Crippen LogP contribution in [0.2, 0.25) is 0 Å². The molecule has 0 saturated carbocycles. The van der Waals surface area contributed by atoms with Gasteiger partial charge in [0.05, 0.1) is 31.2 Å². The first-order valence-corrected chi connectivity index (χ1v) is 14.4. The van der Waals surface area contributed by atoms with E-state index in [0.717, 1.165) is 83.5 Å². The van der Waals surface area contributed by atoms with Gasteiger partial charge >= 0.3 is 17.9 Å². The van der Waals surface area contributed by atoms with E-state index in [1.807, 2.05) is 0 Å². The molecule has 0 aliphatic carbocycles. The molecule has 9 nitrogen and oxygen atoms in total. The minimum Gasteiger partial charge on any atom is -0.481 e. The zero-order valence-electron chi connectivity index (χ0n) is 23.2. The number of carbonyl (C=O) groups is 3. The van der Waals surface area contributed by atoms with E-state index >= 15 is 0 Å². The zero-order chi connectivity index (χ0) is 28.5. The Morgan fingerprint density at radius 3 is 1.53 bits per heavy atom. The first-order chi connectivity index (χ1) is 18.3. The van der Waals surface area contributed by atoms with Gasteiger partial charge in [0.25, 0.3) is 0 Å². The predicted octanol–water partition coefficient (Wildman–Crippen LogP) is 4.86. The fourth-order valence-electron chi connectivity index (χ4n) is 4.17. The fourth-order valence-corrected chi connectivity index (χ4v) is 4.17. The average molecular weight is 545 g/mol. The lowest BCUT2D eigenvalue weighted by molar-refractivity contribution is -0.157. The minimum absolute atomic E-state index is 0.0132. The van der Waals surface area contributed by atoms with Gasteiger partial charge in [-0.1, -0.05) is 63.5 Å². The van der Waals surface area contributed by atoms with Crippen molar-refractivity contribution in [3.05, 3.63) is 12.2 Å². The van der Waals surface area contributed by atoms with Crippen molar-refractivity contribution in [3.63, 3.8) is 0 Å². The average Bonchev–Trinajstić information content (AvgIpc) is 2.90. The lowest BCUT2D eigenvalue weighted by Gasteiger charge is -2.27. The Hall–Kier alpha value is -1.97. The van der Waals surface area contributed by atoms with Crippen molar-refractivity contribution in [2.75, 3.05) is 26.4 Å². The molecule has 38 heavy (non-hydrogen) atoms. The number of carbonyl (C=O) groups excluding carboxylic acids is 1. The summed E-state index contributed by atoms with van der Waals surface area (Å²) in [4.78, 5) is 33.9. The summed E-state index contributed by atoms with van der Waals surface area (Å²) in [5.74, 6) is -2.52. The van der Waals surface area contributed by atoms with Crippen molar-refractivity contribution in [1.29, 1.82) is 0 Å². The highest BCUT2D eigenvalue weighted by Gasteiger charge is 2.31. The topological polar surface area (TPSA) is 162 Å². The summed E-state index contributed by atoms with van der Waals surface area (Å²) in [6, 6.07) is 0. The number of aliphatic carboxylic acids is 2. The monoisotopic (exact) mass is 544 g/mol. The number of hydrogen-bond donors (Lipinski definition) is 5. The van der Waals surface area contributed by atoms with E-state index in [1.54, 1.807) is 0 Å². The molecule has 1 atom stereocenters. The van der Waals surface area contributed by atoms with Gasteiger partial charge in [0, 0.05) is 12.8 Å². The van der Waals surface area contributed by atoms with E-state index < -0.39 is 49.1 Å². The summed E-state index contributed by atoms with van der Waals surface area (Å²) in [5, 5.41) is 45.7. The number of aliphatic hydroxyl groups is 3. The van der Waals surface area contributed by atoms with Crippen molar-refractivity contribution >= 4 is 17.9 Å². The van der Waals surface area contributed by atoms with Crippen LogP contribution < -0.4 is 0 Å². The molecule has 0 heterocycles. The Morgan fingerprint density at radius 1 is 0.605 bits per heavy atom. The Bertz CT molecular complexity index is 636. The number of unbranched alkanes of at least 4 members (excludes halogenated alkanes) is 11. The van der Waals surface area contributed by atoms with E-state index in [-0.39, 0.29) is 19.4 Å². The lowest BCUT2D eigenvalue weighted by atomic mass is 9.92. The van der Waals surface area contributed by atoms with Gasteiger partial charge in [0.15, 0.2) is 0 Å². The SMILES string of the molecule is O=C(O)CCCCCCC/C=C\CCCCCCCCC(CCCC(=O)O)C(=O)OCC(CO)(CO)CO. The van der Waals surface area contributed by atoms with Crippen LogP contribution in [0.3, 0.4) is 0 Å². The van der Waals surface area contributed by atoms with Crippen molar-refractivity contribution in [2.24, 2.45) is 11.3 Å². The largest absolute Gasteiger partial charge is 0.481 e. The van der Waals surface area contributed by atoms with E-state index in [1.165, 1.54) is 0 Å². The maximum Gasteiger partial charge on any atom is 0.308 e. The third-order valence-corrected chi connectivity index (χ3v) is 6.90. The van der Waals surface area contributed by atoms with Gasteiger partial charge in [-0.15, -0.1) is 0 Å². The third kappa shape index (κ3) is 20.1. The molecule has 0 bridgehead atoms. The van der Waals surface area contributed by atoms with Crippen LogP contribution in [-0.4, -0.2) is 69.9 Å². The Morgan fingerprint density at radius 2 is 1.03 bits per heavy atom. The summed E-state index contributed by atoms with van der Waals surface area (Å²) in [6.45, 7) is -1.81. The molecule has 0 aromatic heterocycles. The second-order valence-electron chi connectivity index (χ2n) is 10.4. The Labute approximate surface area is 228 Å². The van der Waals surface area contributed by atoms with Crippen LogP contribution in [0.5, 0.6) is 0 Å². The molecule has 5 N–H and O–H groups in total. The number of hydrogen-bond acceptors (Lipinski definition) is 7.